The van der Waals surface area contributed by atoms with Gasteiger partial charge in [0.05, 0.1) is 18.9 Å². The minimum absolute atomic E-state index is 0.198. The van der Waals surface area contributed by atoms with Crippen molar-refractivity contribution < 1.29 is 23.9 Å². The third-order valence-electron chi connectivity index (χ3n) is 9.06. The van der Waals surface area contributed by atoms with E-state index in [-0.39, 0.29) is 17.4 Å². The molecule has 43 heavy (non-hydrogen) atoms. The van der Waals surface area contributed by atoms with Crippen LogP contribution in [0, 0.1) is 11.8 Å². The summed E-state index contributed by atoms with van der Waals surface area (Å²) in [4.78, 5) is 57.1. The second-order valence-electron chi connectivity index (χ2n) is 11.2. The Morgan fingerprint density at radius 2 is 1.16 bits per heavy atom. The first-order valence-electron chi connectivity index (χ1n) is 14.1. The number of benzene rings is 4. The molecular formula is C35H27ClN2O5. The zero-order valence-corrected chi connectivity index (χ0v) is 24.2. The van der Waals surface area contributed by atoms with Crippen molar-refractivity contribution in [2.75, 3.05) is 7.11 Å². The SMILES string of the molecule is COc1ccc(C(=O)[C@H](C)N(C(=O)c2ccc(Cl)cc2)N2C(=O)[C@@H]3C4c5ccccc5C(c5ccccc54)[C@@H]3C2=O)cc1. The Labute approximate surface area is 253 Å². The summed E-state index contributed by atoms with van der Waals surface area (Å²) in [7, 11) is 1.53. The first-order chi connectivity index (χ1) is 20.8. The molecule has 8 rings (SSSR count). The van der Waals surface area contributed by atoms with Crippen LogP contribution >= 0.6 is 11.6 Å². The topological polar surface area (TPSA) is 84.0 Å². The van der Waals surface area contributed by atoms with Crippen molar-refractivity contribution in [3.05, 3.63) is 135 Å². The van der Waals surface area contributed by atoms with Gasteiger partial charge in [0, 0.05) is 28.0 Å². The molecule has 0 aromatic heterocycles. The first-order valence-corrected chi connectivity index (χ1v) is 14.5. The highest BCUT2D eigenvalue weighted by Crippen LogP contribution is 2.61. The Balaban J connectivity index is 1.34. The van der Waals surface area contributed by atoms with Crippen LogP contribution in [0.3, 0.4) is 0 Å². The van der Waals surface area contributed by atoms with Crippen molar-refractivity contribution in [1.82, 2.24) is 10.0 Å². The molecule has 4 aromatic carbocycles. The van der Waals surface area contributed by atoms with Gasteiger partial charge in [-0.15, -0.1) is 0 Å². The zero-order valence-electron chi connectivity index (χ0n) is 23.4. The smallest absolute Gasteiger partial charge is 0.273 e. The number of nitrogens with zero attached hydrogens (tertiary/aromatic N) is 2. The maximum absolute atomic E-state index is 14.5. The molecule has 3 aliphatic carbocycles. The highest BCUT2D eigenvalue weighted by Gasteiger charge is 2.63. The van der Waals surface area contributed by atoms with Gasteiger partial charge in [-0.05, 0) is 77.7 Å². The summed E-state index contributed by atoms with van der Waals surface area (Å²) in [5.41, 5.74) is 4.60. The van der Waals surface area contributed by atoms with Crippen LogP contribution in [-0.2, 0) is 9.59 Å². The summed E-state index contributed by atoms with van der Waals surface area (Å²) in [6.07, 6.45) is 0. The zero-order chi connectivity index (χ0) is 30.0. The Morgan fingerprint density at radius 1 is 0.721 bits per heavy atom. The van der Waals surface area contributed by atoms with E-state index in [0.717, 1.165) is 32.3 Å². The summed E-state index contributed by atoms with van der Waals surface area (Å²) in [5.74, 6) is -3.55. The number of carbonyl (C=O) groups is 4. The standard InChI is InChI=1S/C35H27ClN2O5/c1-19(32(39)20-13-17-23(43-2)18-14-20)37(33(40)21-11-15-22(36)16-12-21)38-34(41)30-28-24-7-3-4-8-25(24)29(31(30)35(38)42)27-10-6-5-9-26(27)28/h3-19,28-31H,1-2H3/t19-,28?,29?,30-,31+/m0/s1. The number of ketones is 1. The maximum Gasteiger partial charge on any atom is 0.273 e. The van der Waals surface area contributed by atoms with Gasteiger partial charge in [0.15, 0.2) is 5.78 Å². The van der Waals surface area contributed by atoms with Gasteiger partial charge in [0.2, 0.25) is 0 Å². The Morgan fingerprint density at radius 3 is 1.60 bits per heavy atom. The normalized spacial score (nSPS) is 22.0. The lowest BCUT2D eigenvalue weighted by molar-refractivity contribution is -0.156. The summed E-state index contributed by atoms with van der Waals surface area (Å²) in [5, 5.41) is 2.43. The predicted octanol–water partition coefficient (Wildman–Crippen LogP) is 5.87. The molecule has 1 aliphatic heterocycles. The molecule has 0 saturated carbocycles. The molecule has 3 atom stereocenters. The Bertz CT molecular complexity index is 1690. The summed E-state index contributed by atoms with van der Waals surface area (Å²) >= 11 is 6.09. The third kappa shape index (κ3) is 4.02. The number of imide groups is 1. The maximum atomic E-state index is 14.5. The van der Waals surface area contributed by atoms with E-state index < -0.39 is 41.4 Å². The minimum atomic E-state index is -1.17. The number of carbonyl (C=O) groups excluding carboxylic acids is 4. The van der Waals surface area contributed by atoms with Crippen molar-refractivity contribution in [2.24, 2.45) is 11.8 Å². The number of hydrogen-bond acceptors (Lipinski definition) is 5. The van der Waals surface area contributed by atoms with Crippen molar-refractivity contribution in [3.8, 4) is 5.75 Å². The molecule has 0 radical (unpaired) electrons. The van der Waals surface area contributed by atoms with E-state index in [0.29, 0.717) is 16.3 Å². The minimum Gasteiger partial charge on any atom is -0.497 e. The van der Waals surface area contributed by atoms with E-state index in [2.05, 4.69) is 0 Å². The highest BCUT2D eigenvalue weighted by molar-refractivity contribution is 6.30. The molecule has 7 nitrogen and oxygen atoms in total. The summed E-state index contributed by atoms with van der Waals surface area (Å²) < 4.78 is 5.22. The molecule has 2 bridgehead atoms. The van der Waals surface area contributed by atoms with E-state index in [4.69, 9.17) is 16.3 Å². The molecular weight excluding hydrogens is 564 g/mol. The average molecular weight is 591 g/mol. The molecule has 0 spiro atoms. The van der Waals surface area contributed by atoms with Crippen LogP contribution in [0.5, 0.6) is 5.75 Å². The molecule has 214 valence electrons. The van der Waals surface area contributed by atoms with Crippen LogP contribution < -0.4 is 4.74 Å². The number of rotatable bonds is 6. The fourth-order valence-electron chi connectivity index (χ4n) is 7.15. The van der Waals surface area contributed by atoms with E-state index in [1.807, 2.05) is 48.5 Å². The van der Waals surface area contributed by atoms with Gasteiger partial charge in [-0.1, -0.05) is 60.1 Å². The van der Waals surface area contributed by atoms with Gasteiger partial charge in [-0.25, -0.2) is 5.01 Å². The number of hydrazine groups is 1. The van der Waals surface area contributed by atoms with Crippen LogP contribution in [0.4, 0.5) is 0 Å². The Hall–Kier alpha value is -4.75. The lowest BCUT2D eigenvalue weighted by Crippen LogP contribution is -2.56. The van der Waals surface area contributed by atoms with Crippen LogP contribution in [-0.4, -0.2) is 46.7 Å². The van der Waals surface area contributed by atoms with Crippen molar-refractivity contribution >= 4 is 35.1 Å². The van der Waals surface area contributed by atoms with Gasteiger partial charge in [-0.3, -0.25) is 19.2 Å². The summed E-state index contributed by atoms with van der Waals surface area (Å²) in [6.45, 7) is 1.54. The second kappa shape index (κ2) is 10.2. The molecule has 0 N–H and O–H groups in total. The molecule has 0 unspecified atom stereocenters. The molecule has 8 heteroatoms. The fraction of sp³-hybridized carbons (Fsp3) is 0.200. The number of Topliss-reactive ketones (excluding diaryl/α,β-unsaturated/α-hetero) is 1. The van der Waals surface area contributed by atoms with Crippen molar-refractivity contribution in [2.45, 2.75) is 24.8 Å². The number of halogens is 1. The molecule has 1 heterocycles. The van der Waals surface area contributed by atoms with E-state index >= 15 is 0 Å². The van der Waals surface area contributed by atoms with Crippen molar-refractivity contribution in [3.63, 3.8) is 0 Å². The monoisotopic (exact) mass is 590 g/mol. The van der Waals surface area contributed by atoms with E-state index in [9.17, 15) is 19.2 Å². The van der Waals surface area contributed by atoms with E-state index in [1.54, 1.807) is 43.3 Å². The van der Waals surface area contributed by atoms with Gasteiger partial charge in [0.25, 0.3) is 17.7 Å². The van der Waals surface area contributed by atoms with E-state index in [1.165, 1.54) is 19.2 Å². The van der Waals surface area contributed by atoms with Gasteiger partial charge >= 0.3 is 0 Å². The van der Waals surface area contributed by atoms with Gasteiger partial charge < -0.3 is 4.74 Å². The Kier molecular flexibility index (Phi) is 6.43. The first kappa shape index (κ1) is 27.1. The number of hydrogen-bond donors (Lipinski definition) is 0. The molecule has 4 aromatic rings. The quantitative estimate of drug-likeness (QED) is 0.207. The van der Waals surface area contributed by atoms with Crippen LogP contribution in [0.1, 0.15) is 61.7 Å². The number of amides is 3. The fourth-order valence-corrected chi connectivity index (χ4v) is 7.27. The molecule has 1 saturated heterocycles. The largest absolute Gasteiger partial charge is 0.497 e. The van der Waals surface area contributed by atoms with Crippen LogP contribution in [0.25, 0.3) is 0 Å². The highest BCUT2D eigenvalue weighted by atomic mass is 35.5. The molecule has 1 fully saturated rings. The number of ether oxygens (including phenoxy) is 1. The molecule has 3 amide bonds. The average Bonchev–Trinajstić information content (AvgIpc) is 3.30. The van der Waals surface area contributed by atoms with Crippen LogP contribution in [0.2, 0.25) is 5.02 Å². The predicted molar refractivity (Wildman–Crippen MR) is 160 cm³/mol. The van der Waals surface area contributed by atoms with Gasteiger partial charge in [0.1, 0.15) is 11.8 Å². The lowest BCUT2D eigenvalue weighted by Gasteiger charge is -2.45. The third-order valence-corrected chi connectivity index (χ3v) is 9.31. The van der Waals surface area contributed by atoms with Gasteiger partial charge in [-0.2, -0.15) is 5.01 Å². The second-order valence-corrected chi connectivity index (χ2v) is 11.6. The lowest BCUT2D eigenvalue weighted by atomic mass is 9.55. The summed E-state index contributed by atoms with van der Waals surface area (Å²) in [6, 6.07) is 27.4. The van der Waals surface area contributed by atoms with Crippen LogP contribution in [0.15, 0.2) is 97.1 Å². The van der Waals surface area contributed by atoms with Crippen molar-refractivity contribution in [1.29, 1.82) is 0 Å². The number of methoxy groups -OCH3 is 1. The molecule has 4 aliphatic rings.